The first-order valence-electron chi connectivity index (χ1n) is 4.23. The van der Waals surface area contributed by atoms with Crippen LogP contribution < -0.4 is 11.1 Å². The van der Waals surface area contributed by atoms with E-state index in [1.165, 1.54) is 6.92 Å². The minimum Gasteiger partial charge on any atom is -0.370 e. The molecule has 0 radical (unpaired) electrons. The molecular formula is C10H10N2O3. The summed E-state index contributed by atoms with van der Waals surface area (Å²) in [6.07, 6.45) is 0. The Labute approximate surface area is 86.3 Å². The van der Waals surface area contributed by atoms with E-state index in [4.69, 9.17) is 0 Å². The number of carbonyl (C=O) groups excluding carboxylic acids is 3. The van der Waals surface area contributed by atoms with Gasteiger partial charge in [0.2, 0.25) is 5.91 Å². The number of primary amides is 1. The van der Waals surface area contributed by atoms with Crippen LogP contribution in [0.5, 0.6) is 0 Å². The molecule has 0 spiro atoms. The van der Waals surface area contributed by atoms with Crippen LogP contribution in [0.1, 0.15) is 27.6 Å². The molecule has 1 aromatic rings. The highest BCUT2D eigenvalue weighted by atomic mass is 16.2. The number of nitrogens with one attached hydrogen (secondary N) is 1. The molecule has 1 aromatic carbocycles. The standard InChI is InChI=1S/C8H5NO2.C2H5NO/c10-7-5-3-1-2-4-6(5)8(11)9-7;1-2(3)4/h1-4H,(H,9,10,11);1H3,(H2,3,4). The summed E-state index contributed by atoms with van der Waals surface area (Å²) in [5.41, 5.74) is 5.41. The first kappa shape index (κ1) is 10.9. The largest absolute Gasteiger partial charge is 0.370 e. The Morgan fingerprint density at radius 2 is 1.47 bits per heavy atom. The van der Waals surface area contributed by atoms with Gasteiger partial charge in [-0.25, -0.2) is 0 Å². The molecule has 2 rings (SSSR count). The van der Waals surface area contributed by atoms with Crippen LogP contribution in [-0.2, 0) is 4.79 Å². The highest BCUT2D eigenvalue weighted by Crippen LogP contribution is 2.13. The summed E-state index contributed by atoms with van der Waals surface area (Å²) >= 11 is 0. The van der Waals surface area contributed by atoms with Crippen molar-refractivity contribution in [3.8, 4) is 0 Å². The van der Waals surface area contributed by atoms with Crippen molar-refractivity contribution in [1.82, 2.24) is 5.32 Å². The van der Waals surface area contributed by atoms with Gasteiger partial charge < -0.3 is 5.73 Å². The number of fused-ring (bicyclic) bond motifs is 1. The van der Waals surface area contributed by atoms with Gasteiger partial charge in [-0.1, -0.05) is 12.1 Å². The maximum Gasteiger partial charge on any atom is 0.258 e. The van der Waals surface area contributed by atoms with Crippen LogP contribution in [0.4, 0.5) is 0 Å². The summed E-state index contributed by atoms with van der Waals surface area (Å²) in [5, 5.41) is 2.20. The van der Waals surface area contributed by atoms with E-state index in [9.17, 15) is 14.4 Å². The predicted octanol–water partition coefficient (Wildman–Crippen LogP) is 0.0618. The van der Waals surface area contributed by atoms with Gasteiger partial charge in [-0.2, -0.15) is 0 Å². The minimum atomic E-state index is -0.333. The van der Waals surface area contributed by atoms with Gasteiger partial charge in [0.25, 0.3) is 11.8 Å². The number of hydrogen-bond acceptors (Lipinski definition) is 3. The van der Waals surface area contributed by atoms with Gasteiger partial charge in [-0.15, -0.1) is 0 Å². The van der Waals surface area contributed by atoms with Crippen LogP contribution in [0.2, 0.25) is 0 Å². The van der Waals surface area contributed by atoms with E-state index >= 15 is 0 Å². The van der Waals surface area contributed by atoms with Gasteiger partial charge in [0.05, 0.1) is 11.1 Å². The average Bonchev–Trinajstić information content (AvgIpc) is 2.43. The number of hydrogen-bond donors (Lipinski definition) is 2. The van der Waals surface area contributed by atoms with Crippen LogP contribution in [0.25, 0.3) is 0 Å². The summed E-state index contributed by atoms with van der Waals surface area (Å²) in [6.45, 7) is 1.31. The molecule has 0 saturated carbocycles. The van der Waals surface area contributed by atoms with Crippen molar-refractivity contribution in [1.29, 1.82) is 0 Å². The molecule has 1 aliphatic rings. The lowest BCUT2D eigenvalue weighted by Crippen LogP contribution is -2.19. The third-order valence-corrected chi connectivity index (χ3v) is 1.64. The summed E-state index contributed by atoms with van der Waals surface area (Å²) in [4.78, 5) is 31.1. The van der Waals surface area contributed by atoms with E-state index in [1.54, 1.807) is 24.3 Å². The summed E-state index contributed by atoms with van der Waals surface area (Å²) in [5.74, 6) is -0.934. The van der Waals surface area contributed by atoms with E-state index < -0.39 is 0 Å². The summed E-state index contributed by atoms with van der Waals surface area (Å²) in [7, 11) is 0. The normalized spacial score (nSPS) is 12.3. The molecule has 15 heavy (non-hydrogen) atoms. The first-order valence-corrected chi connectivity index (χ1v) is 4.23. The van der Waals surface area contributed by atoms with Gasteiger partial charge in [0.15, 0.2) is 0 Å². The van der Waals surface area contributed by atoms with Crippen LogP contribution >= 0.6 is 0 Å². The van der Waals surface area contributed by atoms with Crippen molar-refractivity contribution < 1.29 is 14.4 Å². The predicted molar refractivity (Wildman–Crippen MR) is 53.1 cm³/mol. The lowest BCUT2D eigenvalue weighted by Gasteiger charge is -1.88. The Morgan fingerprint density at radius 1 is 1.13 bits per heavy atom. The number of rotatable bonds is 0. The zero-order valence-electron chi connectivity index (χ0n) is 8.11. The number of benzene rings is 1. The minimum absolute atomic E-state index is 0.300. The van der Waals surface area contributed by atoms with Gasteiger partial charge in [0.1, 0.15) is 0 Å². The van der Waals surface area contributed by atoms with Crippen molar-refractivity contribution in [3.05, 3.63) is 35.4 Å². The average molecular weight is 206 g/mol. The Morgan fingerprint density at radius 3 is 1.80 bits per heavy atom. The number of imide groups is 1. The second-order valence-electron chi connectivity index (χ2n) is 2.94. The molecule has 0 unspecified atom stereocenters. The fourth-order valence-electron chi connectivity index (χ4n) is 1.12. The third-order valence-electron chi connectivity index (χ3n) is 1.64. The molecule has 0 saturated heterocycles. The molecule has 0 aromatic heterocycles. The van der Waals surface area contributed by atoms with Crippen molar-refractivity contribution in [2.24, 2.45) is 5.73 Å². The number of amides is 3. The van der Waals surface area contributed by atoms with Crippen LogP contribution in [0, 0.1) is 0 Å². The Bertz CT molecular complexity index is 389. The maximum absolute atomic E-state index is 10.9. The SMILES string of the molecule is CC(N)=O.O=C1NC(=O)c2ccccc21. The fraction of sp³-hybridized carbons (Fsp3) is 0.100. The van der Waals surface area contributed by atoms with Crippen LogP contribution in [-0.4, -0.2) is 17.7 Å². The van der Waals surface area contributed by atoms with E-state index in [2.05, 4.69) is 11.1 Å². The smallest absolute Gasteiger partial charge is 0.258 e. The molecule has 5 nitrogen and oxygen atoms in total. The van der Waals surface area contributed by atoms with Gasteiger partial charge >= 0.3 is 0 Å². The maximum atomic E-state index is 10.9. The third kappa shape index (κ3) is 2.63. The lowest BCUT2D eigenvalue weighted by atomic mass is 10.1. The topological polar surface area (TPSA) is 89.3 Å². The molecule has 0 bridgehead atoms. The number of carbonyl (C=O) groups is 3. The van der Waals surface area contributed by atoms with E-state index in [-0.39, 0.29) is 17.7 Å². The molecule has 78 valence electrons. The molecule has 5 heteroatoms. The van der Waals surface area contributed by atoms with E-state index in [1.807, 2.05) is 0 Å². The highest BCUT2D eigenvalue weighted by molar-refractivity contribution is 6.21. The summed E-state index contributed by atoms with van der Waals surface area (Å²) < 4.78 is 0. The second kappa shape index (κ2) is 4.36. The zero-order valence-corrected chi connectivity index (χ0v) is 8.11. The number of nitrogens with two attached hydrogens (primary N) is 1. The van der Waals surface area contributed by atoms with Crippen molar-refractivity contribution in [3.63, 3.8) is 0 Å². The molecule has 0 atom stereocenters. The van der Waals surface area contributed by atoms with E-state index in [0.29, 0.717) is 11.1 Å². The van der Waals surface area contributed by atoms with Crippen molar-refractivity contribution in [2.45, 2.75) is 6.92 Å². The van der Waals surface area contributed by atoms with Crippen LogP contribution in [0.3, 0.4) is 0 Å². The molecule has 1 aliphatic heterocycles. The lowest BCUT2D eigenvalue weighted by molar-refractivity contribution is -0.115. The molecule has 1 heterocycles. The monoisotopic (exact) mass is 206 g/mol. The van der Waals surface area contributed by atoms with Crippen molar-refractivity contribution in [2.75, 3.05) is 0 Å². The Kier molecular flexibility index (Phi) is 3.17. The Hall–Kier alpha value is -2.17. The van der Waals surface area contributed by atoms with Crippen LogP contribution in [0.15, 0.2) is 24.3 Å². The fourth-order valence-corrected chi connectivity index (χ4v) is 1.12. The zero-order chi connectivity index (χ0) is 11.4. The van der Waals surface area contributed by atoms with Gasteiger partial charge in [-0.3, -0.25) is 19.7 Å². The molecular weight excluding hydrogens is 196 g/mol. The second-order valence-corrected chi connectivity index (χ2v) is 2.94. The molecule has 0 aliphatic carbocycles. The molecule has 3 N–H and O–H groups in total. The van der Waals surface area contributed by atoms with E-state index in [0.717, 1.165) is 0 Å². The summed E-state index contributed by atoms with van der Waals surface area (Å²) in [6, 6.07) is 6.74. The quantitative estimate of drug-likeness (QED) is 0.588. The first-order chi connectivity index (χ1) is 7.02. The highest BCUT2D eigenvalue weighted by Gasteiger charge is 2.25. The van der Waals surface area contributed by atoms with Gasteiger partial charge in [0, 0.05) is 6.92 Å². The Balaban J connectivity index is 0.000000245. The molecule has 3 amide bonds. The van der Waals surface area contributed by atoms with Crippen molar-refractivity contribution >= 4 is 17.7 Å². The van der Waals surface area contributed by atoms with Gasteiger partial charge in [-0.05, 0) is 12.1 Å². The molecule has 0 fully saturated rings.